The number of nitrogens with zero attached hydrogens (tertiary/aromatic N) is 4. The van der Waals surface area contributed by atoms with Gasteiger partial charge in [-0.2, -0.15) is 4.31 Å². The third-order valence-electron chi connectivity index (χ3n) is 6.22. The molecule has 6 rings (SSSR count). The Morgan fingerprint density at radius 3 is 2.46 bits per heavy atom. The molecule has 0 spiro atoms. The molecule has 37 heavy (non-hydrogen) atoms. The molecule has 2 bridgehead atoms. The van der Waals surface area contributed by atoms with E-state index in [0.29, 0.717) is 16.8 Å². The second kappa shape index (κ2) is 9.10. The van der Waals surface area contributed by atoms with Gasteiger partial charge in [0, 0.05) is 12.4 Å². The van der Waals surface area contributed by atoms with Gasteiger partial charge in [0.25, 0.3) is 0 Å². The number of nitrogens with one attached hydrogen (secondary N) is 1. The molecule has 3 aliphatic rings. The molecule has 3 fully saturated rings. The zero-order valence-corrected chi connectivity index (χ0v) is 20.3. The smallest absolute Gasteiger partial charge is 0.387 e. The number of hydrogen-bond acceptors (Lipinski definition) is 13. The highest BCUT2D eigenvalue weighted by Gasteiger charge is 2.54. The van der Waals surface area contributed by atoms with Gasteiger partial charge in [0.15, 0.2) is 24.6 Å². The first-order chi connectivity index (χ1) is 17.5. The standard InChI is InChI=1S/C17H21N5O13P2/c23-10-7-3-30-36(26,27)35-37(28,29)31-4-8-13(34-17(33-7)11(10)24)12(25)16(32-8)22-6-19-9-14-18-1-2-21(14)5-20-15(9)22/h1-2,5-8,10-13,16-17,23-25H,3-4H2,(H2,26,27,28,29)/p+1/t7-,8-,10-,11-,12-,13-,16-,17+/m1/s1. The lowest BCUT2D eigenvalue weighted by molar-refractivity contribution is -0.745. The van der Waals surface area contributed by atoms with Gasteiger partial charge in [-0.3, -0.25) is 18.4 Å². The van der Waals surface area contributed by atoms with Crippen molar-refractivity contribution in [3.63, 3.8) is 0 Å². The zero-order chi connectivity index (χ0) is 26.1. The summed E-state index contributed by atoms with van der Waals surface area (Å²) in [5.41, 5.74) is 1.42. The minimum atomic E-state index is -5.17. The molecule has 3 aromatic heterocycles. The van der Waals surface area contributed by atoms with Crippen molar-refractivity contribution in [1.29, 1.82) is 0 Å². The minimum absolute atomic E-state index is 0.347. The summed E-state index contributed by atoms with van der Waals surface area (Å²) in [6, 6.07) is 0. The van der Waals surface area contributed by atoms with Crippen molar-refractivity contribution in [2.75, 3.05) is 13.2 Å². The summed E-state index contributed by atoms with van der Waals surface area (Å²) < 4.78 is 58.3. The number of phosphoric ester groups is 2. The Morgan fingerprint density at radius 1 is 0.973 bits per heavy atom. The molecule has 6 N–H and O–H groups in total. The summed E-state index contributed by atoms with van der Waals surface area (Å²) in [5.74, 6) is 0. The molecule has 3 aromatic rings. The van der Waals surface area contributed by atoms with Crippen LogP contribution >= 0.6 is 15.6 Å². The molecule has 0 saturated carbocycles. The van der Waals surface area contributed by atoms with Gasteiger partial charge in [-0.1, -0.05) is 4.98 Å². The van der Waals surface area contributed by atoms with Crippen LogP contribution in [0.25, 0.3) is 16.8 Å². The number of phosphoric acid groups is 2. The Bertz CT molecular complexity index is 1420. The van der Waals surface area contributed by atoms with E-state index in [1.807, 2.05) is 0 Å². The zero-order valence-electron chi connectivity index (χ0n) is 18.5. The van der Waals surface area contributed by atoms with Crippen LogP contribution in [0.15, 0.2) is 25.0 Å². The lowest BCUT2D eigenvalue weighted by atomic mass is 10.1. The number of aromatic amines is 1. The lowest BCUT2D eigenvalue weighted by Crippen LogP contribution is -2.47. The molecule has 20 heteroatoms. The second-order valence-corrected chi connectivity index (χ2v) is 11.6. The maximum Gasteiger partial charge on any atom is 0.481 e. The van der Waals surface area contributed by atoms with Crippen molar-refractivity contribution in [2.24, 2.45) is 0 Å². The highest BCUT2D eigenvalue weighted by Crippen LogP contribution is 2.61. The largest absolute Gasteiger partial charge is 0.481 e. The van der Waals surface area contributed by atoms with Crippen molar-refractivity contribution in [2.45, 2.75) is 49.1 Å². The van der Waals surface area contributed by atoms with E-state index in [2.05, 4.69) is 23.8 Å². The number of rotatable bonds is 1. The number of hydrogen-bond donors (Lipinski definition) is 6. The van der Waals surface area contributed by atoms with Gasteiger partial charge in [0.05, 0.1) is 13.2 Å². The van der Waals surface area contributed by atoms with Crippen LogP contribution in [0.2, 0.25) is 0 Å². The van der Waals surface area contributed by atoms with Crippen LogP contribution in [0.5, 0.6) is 0 Å². The number of imidazole rings is 2. The highest BCUT2D eigenvalue weighted by atomic mass is 31.3. The Hall–Kier alpha value is -1.89. The summed E-state index contributed by atoms with van der Waals surface area (Å²) in [6.07, 6.45) is -5.20. The maximum absolute atomic E-state index is 12.3. The van der Waals surface area contributed by atoms with E-state index in [1.54, 1.807) is 16.8 Å². The predicted molar refractivity (Wildman–Crippen MR) is 113 cm³/mol. The quantitative estimate of drug-likeness (QED) is 0.136. The van der Waals surface area contributed by atoms with Crippen LogP contribution in [0.1, 0.15) is 6.23 Å². The Balaban J connectivity index is 1.34. The summed E-state index contributed by atoms with van der Waals surface area (Å²) in [6.45, 7) is -1.57. The molecule has 2 unspecified atom stereocenters. The summed E-state index contributed by atoms with van der Waals surface area (Å²) in [7, 11) is -10.3. The van der Waals surface area contributed by atoms with Crippen molar-refractivity contribution in [3.05, 3.63) is 25.0 Å². The van der Waals surface area contributed by atoms with Crippen LogP contribution in [0.4, 0.5) is 0 Å². The van der Waals surface area contributed by atoms with Gasteiger partial charge in [0.2, 0.25) is 11.7 Å². The number of fused-ring (bicyclic) bond motifs is 6. The van der Waals surface area contributed by atoms with Crippen LogP contribution < -0.4 is 4.57 Å². The topological polar surface area (TPSA) is 241 Å². The van der Waals surface area contributed by atoms with Crippen LogP contribution in [0.3, 0.4) is 0 Å². The molecule has 0 aliphatic carbocycles. The average molecular weight is 566 g/mol. The molecular weight excluding hydrogens is 544 g/mol. The van der Waals surface area contributed by atoms with E-state index in [0.717, 1.165) is 0 Å². The van der Waals surface area contributed by atoms with E-state index < -0.39 is 78.0 Å². The molecular formula is C17H22N5O13P2+. The fourth-order valence-electron chi connectivity index (χ4n) is 4.48. The van der Waals surface area contributed by atoms with E-state index >= 15 is 0 Å². The number of ether oxygens (including phenoxy) is 3. The fourth-order valence-corrected chi connectivity index (χ4v) is 6.57. The van der Waals surface area contributed by atoms with Gasteiger partial charge in [0.1, 0.15) is 36.6 Å². The molecule has 3 aliphatic heterocycles. The second-order valence-electron chi connectivity index (χ2n) is 8.57. The minimum Gasteiger partial charge on any atom is -0.387 e. The summed E-state index contributed by atoms with van der Waals surface area (Å²) in [4.78, 5) is 31.3. The van der Waals surface area contributed by atoms with Gasteiger partial charge in [-0.15, -0.1) is 0 Å². The Morgan fingerprint density at radius 2 is 1.70 bits per heavy atom. The van der Waals surface area contributed by atoms with Gasteiger partial charge < -0.3 is 39.3 Å². The SMILES string of the molecule is O=P1(O)OC[C@H]2O[C@@H](O[C@H]3[C@@H](O)[C@H]([n+]4c[nH]c5c6nccn6cnc54)O[C@@H]3COP(=O)(O)O1)[C@H](O)[C@@H]2O. The van der Waals surface area contributed by atoms with E-state index in [-0.39, 0.29) is 0 Å². The van der Waals surface area contributed by atoms with Crippen molar-refractivity contribution in [1.82, 2.24) is 19.4 Å². The molecule has 202 valence electrons. The van der Waals surface area contributed by atoms with Crippen LogP contribution in [0, 0.1) is 0 Å². The number of H-pyrrole nitrogens is 1. The number of aliphatic hydroxyl groups excluding tert-OH is 3. The van der Waals surface area contributed by atoms with Crippen LogP contribution in [-0.4, -0.2) is 101 Å². The lowest BCUT2D eigenvalue weighted by Gasteiger charge is -2.25. The summed E-state index contributed by atoms with van der Waals surface area (Å²) >= 11 is 0. The van der Waals surface area contributed by atoms with Crippen molar-refractivity contribution in [3.8, 4) is 0 Å². The van der Waals surface area contributed by atoms with Gasteiger partial charge in [-0.05, 0) is 0 Å². The van der Waals surface area contributed by atoms with Crippen LogP contribution in [-0.2, 0) is 36.7 Å². The average Bonchev–Trinajstić information content (AvgIpc) is 3.58. The third-order valence-corrected chi connectivity index (χ3v) is 8.82. The first-order valence-corrected chi connectivity index (χ1v) is 13.9. The molecule has 18 nitrogen and oxygen atoms in total. The molecule has 0 radical (unpaired) electrons. The molecule has 6 heterocycles. The first kappa shape index (κ1) is 25.4. The highest BCUT2D eigenvalue weighted by molar-refractivity contribution is 7.61. The third kappa shape index (κ3) is 4.53. The molecule has 0 amide bonds. The van der Waals surface area contributed by atoms with E-state index in [4.69, 9.17) is 18.7 Å². The monoisotopic (exact) mass is 566 g/mol. The molecule has 10 atom stereocenters. The molecule has 0 aromatic carbocycles. The van der Waals surface area contributed by atoms with E-state index in [1.165, 1.54) is 17.2 Å². The summed E-state index contributed by atoms with van der Waals surface area (Å²) in [5, 5.41) is 31.9. The fraction of sp³-hybridized carbons (Fsp3) is 0.588. The van der Waals surface area contributed by atoms with E-state index in [9.17, 15) is 34.2 Å². The van der Waals surface area contributed by atoms with Crippen molar-refractivity contribution < 1.29 is 66.4 Å². The van der Waals surface area contributed by atoms with Crippen molar-refractivity contribution >= 4 is 32.5 Å². The van der Waals surface area contributed by atoms with Gasteiger partial charge >= 0.3 is 21.3 Å². The Labute approximate surface area is 206 Å². The number of aromatic nitrogens is 5. The Kier molecular flexibility index (Phi) is 6.24. The first-order valence-electron chi connectivity index (χ1n) is 10.9. The maximum atomic E-state index is 12.3. The molecule has 3 saturated heterocycles. The normalized spacial score (nSPS) is 43.4. The predicted octanol–water partition coefficient (Wildman–Crippen LogP) is -2.15. The van der Waals surface area contributed by atoms with Gasteiger partial charge in [-0.25, -0.2) is 18.7 Å². The number of aliphatic hydroxyl groups is 3.